The molecule has 1 aliphatic heterocycles. The summed E-state index contributed by atoms with van der Waals surface area (Å²) in [7, 11) is -5.66. The monoisotopic (exact) mass is 489 g/mol. The van der Waals surface area contributed by atoms with Gasteiger partial charge in [-0.15, -0.1) is 0 Å². The standard InChI is InChI=1S/C23H23NO7S2/c1-30-19-7-5-6-17(14-19)15-24(18-12-13-32(26,27)16-18)23(25)21-10-11-22(31-21)33(28,29)20-8-3-2-4-9-20/h2-11,14,18H,12-13,15-16H2,1H3/t18-/m0/s1. The highest BCUT2D eigenvalue weighted by atomic mass is 32.2. The predicted molar refractivity (Wildman–Crippen MR) is 121 cm³/mol. The van der Waals surface area contributed by atoms with E-state index in [1.807, 2.05) is 0 Å². The molecule has 1 saturated heterocycles. The number of nitrogens with zero attached hydrogens (tertiary/aromatic N) is 1. The molecule has 8 nitrogen and oxygen atoms in total. The highest BCUT2D eigenvalue weighted by molar-refractivity contribution is 7.91. The zero-order valence-corrected chi connectivity index (χ0v) is 19.5. The summed E-state index contributed by atoms with van der Waals surface area (Å²) in [6.45, 7) is 0.123. The van der Waals surface area contributed by atoms with Gasteiger partial charge in [-0.2, -0.15) is 0 Å². The minimum atomic E-state index is -3.93. The van der Waals surface area contributed by atoms with Crippen LogP contribution in [0.3, 0.4) is 0 Å². The largest absolute Gasteiger partial charge is 0.497 e. The quantitative estimate of drug-likeness (QED) is 0.502. The van der Waals surface area contributed by atoms with E-state index >= 15 is 0 Å². The van der Waals surface area contributed by atoms with Gasteiger partial charge in [0.05, 0.1) is 23.5 Å². The highest BCUT2D eigenvalue weighted by Gasteiger charge is 2.36. The van der Waals surface area contributed by atoms with E-state index in [4.69, 9.17) is 9.15 Å². The molecular formula is C23H23NO7S2. The van der Waals surface area contributed by atoms with Crippen molar-refractivity contribution < 1.29 is 30.8 Å². The average molecular weight is 490 g/mol. The van der Waals surface area contributed by atoms with Crippen LogP contribution in [0.1, 0.15) is 22.5 Å². The Morgan fingerprint density at radius 2 is 1.85 bits per heavy atom. The van der Waals surface area contributed by atoms with Crippen molar-refractivity contribution in [2.75, 3.05) is 18.6 Å². The molecule has 0 spiro atoms. The fourth-order valence-electron chi connectivity index (χ4n) is 3.79. The highest BCUT2D eigenvalue weighted by Crippen LogP contribution is 2.27. The molecule has 174 valence electrons. The molecule has 1 aliphatic rings. The molecular weight excluding hydrogens is 466 g/mol. The minimum Gasteiger partial charge on any atom is -0.497 e. The summed E-state index contributed by atoms with van der Waals surface area (Å²) < 4.78 is 60.6. The average Bonchev–Trinajstić information content (AvgIpc) is 3.45. The second kappa shape index (κ2) is 9.03. The first-order valence-corrected chi connectivity index (χ1v) is 13.5. The zero-order chi connectivity index (χ0) is 23.6. The van der Waals surface area contributed by atoms with Gasteiger partial charge < -0.3 is 14.1 Å². The van der Waals surface area contributed by atoms with Crippen LogP contribution in [0.25, 0.3) is 0 Å². The Morgan fingerprint density at radius 1 is 1.09 bits per heavy atom. The first kappa shape index (κ1) is 23.1. The number of sulfone groups is 2. The van der Waals surface area contributed by atoms with Crippen molar-refractivity contribution in [2.24, 2.45) is 0 Å². The maximum Gasteiger partial charge on any atom is 0.290 e. The third-order valence-electron chi connectivity index (χ3n) is 5.51. The lowest BCUT2D eigenvalue weighted by Gasteiger charge is -2.27. The molecule has 0 bridgehead atoms. The van der Waals surface area contributed by atoms with E-state index in [-0.39, 0.29) is 33.8 Å². The fourth-order valence-corrected chi connectivity index (χ4v) is 6.72. The summed E-state index contributed by atoms with van der Waals surface area (Å²) in [5, 5.41) is -0.350. The molecule has 1 atom stereocenters. The Morgan fingerprint density at radius 3 is 2.52 bits per heavy atom. The number of amides is 1. The van der Waals surface area contributed by atoms with Crippen LogP contribution >= 0.6 is 0 Å². The number of hydrogen-bond donors (Lipinski definition) is 0. The SMILES string of the molecule is COc1cccc(CN(C(=O)c2ccc(S(=O)(=O)c3ccccc3)o2)[C@H]2CCS(=O)(=O)C2)c1. The summed E-state index contributed by atoms with van der Waals surface area (Å²) in [6.07, 6.45) is 0.300. The smallest absolute Gasteiger partial charge is 0.290 e. The van der Waals surface area contributed by atoms with Crippen LogP contribution in [0.5, 0.6) is 5.75 Å². The van der Waals surface area contributed by atoms with E-state index in [2.05, 4.69) is 0 Å². The molecule has 10 heteroatoms. The lowest BCUT2D eigenvalue weighted by atomic mass is 10.1. The van der Waals surface area contributed by atoms with Gasteiger partial charge >= 0.3 is 0 Å². The van der Waals surface area contributed by atoms with E-state index in [1.54, 1.807) is 42.5 Å². The Balaban J connectivity index is 1.65. The normalized spacial score (nSPS) is 17.5. The maximum atomic E-state index is 13.4. The molecule has 4 rings (SSSR count). The van der Waals surface area contributed by atoms with Gasteiger partial charge in [0.15, 0.2) is 15.6 Å². The van der Waals surface area contributed by atoms with Gasteiger partial charge in [0.25, 0.3) is 5.91 Å². The maximum absolute atomic E-state index is 13.4. The van der Waals surface area contributed by atoms with Gasteiger partial charge in [0.2, 0.25) is 14.9 Å². The van der Waals surface area contributed by atoms with Crippen LogP contribution in [0, 0.1) is 0 Å². The van der Waals surface area contributed by atoms with Gasteiger partial charge in [-0.05, 0) is 48.4 Å². The van der Waals surface area contributed by atoms with E-state index in [9.17, 15) is 21.6 Å². The van der Waals surface area contributed by atoms with Crippen LogP contribution in [0.4, 0.5) is 0 Å². The van der Waals surface area contributed by atoms with Gasteiger partial charge in [0.1, 0.15) is 5.75 Å². The van der Waals surface area contributed by atoms with Crippen molar-refractivity contribution in [3.8, 4) is 5.75 Å². The van der Waals surface area contributed by atoms with Crippen molar-refractivity contribution >= 4 is 25.6 Å². The molecule has 2 heterocycles. The molecule has 0 unspecified atom stereocenters. The first-order chi connectivity index (χ1) is 15.7. The van der Waals surface area contributed by atoms with Crippen molar-refractivity contribution in [1.82, 2.24) is 4.90 Å². The first-order valence-electron chi connectivity index (χ1n) is 10.2. The molecule has 1 aromatic heterocycles. The number of furan rings is 1. The molecule has 0 saturated carbocycles. The van der Waals surface area contributed by atoms with Crippen LogP contribution in [-0.4, -0.2) is 52.3 Å². The third kappa shape index (κ3) is 4.96. The lowest BCUT2D eigenvalue weighted by molar-refractivity contribution is 0.0642. The topological polar surface area (TPSA) is 111 Å². The Hall–Kier alpha value is -3.11. The van der Waals surface area contributed by atoms with Gasteiger partial charge in [-0.3, -0.25) is 4.79 Å². The molecule has 0 aliphatic carbocycles. The molecule has 1 fully saturated rings. The number of methoxy groups -OCH3 is 1. The summed E-state index contributed by atoms with van der Waals surface area (Å²) in [6, 6.07) is 16.9. The molecule has 2 aromatic carbocycles. The number of benzene rings is 2. The summed E-state index contributed by atoms with van der Waals surface area (Å²) in [5.74, 6) is -0.302. The van der Waals surface area contributed by atoms with Crippen molar-refractivity contribution in [3.63, 3.8) is 0 Å². The number of hydrogen-bond acceptors (Lipinski definition) is 7. The fraction of sp³-hybridized carbons (Fsp3) is 0.261. The lowest BCUT2D eigenvalue weighted by Crippen LogP contribution is -2.40. The molecule has 0 N–H and O–H groups in total. The zero-order valence-electron chi connectivity index (χ0n) is 17.9. The van der Waals surface area contributed by atoms with E-state index in [1.165, 1.54) is 36.3 Å². The van der Waals surface area contributed by atoms with Crippen LogP contribution < -0.4 is 4.74 Å². The van der Waals surface area contributed by atoms with Crippen molar-refractivity contribution in [3.05, 3.63) is 78.1 Å². The van der Waals surface area contributed by atoms with Gasteiger partial charge in [-0.1, -0.05) is 30.3 Å². The number of rotatable bonds is 7. The van der Waals surface area contributed by atoms with Crippen molar-refractivity contribution in [1.29, 1.82) is 0 Å². The summed E-state index contributed by atoms with van der Waals surface area (Å²) in [5.41, 5.74) is 0.746. The predicted octanol–water partition coefficient (Wildman–Crippen LogP) is 2.95. The van der Waals surface area contributed by atoms with Gasteiger partial charge in [0, 0.05) is 12.6 Å². The molecule has 3 aromatic rings. The summed E-state index contributed by atoms with van der Waals surface area (Å²) in [4.78, 5) is 14.9. The molecule has 33 heavy (non-hydrogen) atoms. The van der Waals surface area contributed by atoms with Crippen LogP contribution in [-0.2, 0) is 26.2 Å². The number of ether oxygens (including phenoxy) is 1. The third-order valence-corrected chi connectivity index (χ3v) is 8.90. The van der Waals surface area contributed by atoms with E-state index in [0.29, 0.717) is 12.2 Å². The van der Waals surface area contributed by atoms with E-state index in [0.717, 1.165) is 5.56 Å². The van der Waals surface area contributed by atoms with Crippen molar-refractivity contribution in [2.45, 2.75) is 29.0 Å². The molecule has 0 radical (unpaired) electrons. The molecule has 1 amide bonds. The van der Waals surface area contributed by atoms with Gasteiger partial charge in [-0.25, -0.2) is 16.8 Å². The second-order valence-corrected chi connectivity index (χ2v) is 11.9. The Labute approximate surface area is 192 Å². The Bertz CT molecular complexity index is 1360. The van der Waals surface area contributed by atoms with Crippen LogP contribution in [0.15, 0.2) is 81.1 Å². The summed E-state index contributed by atoms with van der Waals surface area (Å²) >= 11 is 0. The van der Waals surface area contributed by atoms with Crippen LogP contribution in [0.2, 0.25) is 0 Å². The van der Waals surface area contributed by atoms with E-state index < -0.39 is 31.6 Å². The number of carbonyl (C=O) groups excluding carboxylic acids is 1. The second-order valence-electron chi connectivity index (χ2n) is 7.78. The minimum absolute atomic E-state index is 0.00858. The Kier molecular flexibility index (Phi) is 6.31. The number of carbonyl (C=O) groups is 1.